The van der Waals surface area contributed by atoms with Crippen molar-refractivity contribution in [3.63, 3.8) is 0 Å². The van der Waals surface area contributed by atoms with E-state index in [0.717, 1.165) is 16.8 Å². The van der Waals surface area contributed by atoms with Crippen LogP contribution in [-0.2, 0) is 22.4 Å². The van der Waals surface area contributed by atoms with Crippen LogP contribution in [0.2, 0.25) is 0 Å². The van der Waals surface area contributed by atoms with Crippen molar-refractivity contribution >= 4 is 23.4 Å². The number of anilines is 1. The van der Waals surface area contributed by atoms with Crippen molar-refractivity contribution in [3.05, 3.63) is 53.5 Å². The SMILES string of the molecule is O=C1CCc2cc(CC(=O)N3CCN(C(=O)c4ccco4)CC3)ccc2N1. The molecular weight excluding hydrogens is 346 g/mol. The summed E-state index contributed by atoms with van der Waals surface area (Å²) in [6, 6.07) is 9.10. The fraction of sp³-hybridized carbons (Fsp3) is 0.350. The lowest BCUT2D eigenvalue weighted by Crippen LogP contribution is -2.50. The van der Waals surface area contributed by atoms with Gasteiger partial charge in [0.05, 0.1) is 12.7 Å². The van der Waals surface area contributed by atoms with Crippen LogP contribution in [0.4, 0.5) is 5.69 Å². The largest absolute Gasteiger partial charge is 0.459 e. The highest BCUT2D eigenvalue weighted by molar-refractivity contribution is 5.94. The molecular formula is C20H21N3O4. The number of nitrogens with zero attached hydrogens (tertiary/aromatic N) is 2. The Morgan fingerprint density at radius 3 is 2.56 bits per heavy atom. The molecule has 0 saturated carbocycles. The van der Waals surface area contributed by atoms with E-state index >= 15 is 0 Å². The molecule has 1 fully saturated rings. The van der Waals surface area contributed by atoms with Crippen LogP contribution in [0.3, 0.4) is 0 Å². The number of benzene rings is 1. The van der Waals surface area contributed by atoms with Crippen molar-refractivity contribution in [3.8, 4) is 0 Å². The normalized spacial score (nSPS) is 16.7. The van der Waals surface area contributed by atoms with Gasteiger partial charge in [-0.05, 0) is 35.7 Å². The summed E-state index contributed by atoms with van der Waals surface area (Å²) in [7, 11) is 0. The Balaban J connectivity index is 1.33. The lowest BCUT2D eigenvalue weighted by molar-refractivity contribution is -0.132. The first-order valence-electron chi connectivity index (χ1n) is 9.12. The fourth-order valence-corrected chi connectivity index (χ4v) is 3.55. The minimum absolute atomic E-state index is 0.0355. The molecule has 27 heavy (non-hydrogen) atoms. The smallest absolute Gasteiger partial charge is 0.289 e. The lowest BCUT2D eigenvalue weighted by atomic mass is 9.99. The van der Waals surface area contributed by atoms with Crippen molar-refractivity contribution < 1.29 is 18.8 Å². The van der Waals surface area contributed by atoms with Gasteiger partial charge in [-0.15, -0.1) is 0 Å². The fourth-order valence-electron chi connectivity index (χ4n) is 3.55. The van der Waals surface area contributed by atoms with Crippen molar-refractivity contribution in [1.82, 2.24) is 9.80 Å². The summed E-state index contributed by atoms with van der Waals surface area (Å²) in [6.07, 6.45) is 3.00. The zero-order valence-electron chi connectivity index (χ0n) is 14.9. The average Bonchev–Trinajstić information content (AvgIpc) is 3.22. The number of amides is 3. The van der Waals surface area contributed by atoms with Gasteiger partial charge in [0, 0.05) is 38.3 Å². The van der Waals surface area contributed by atoms with E-state index in [9.17, 15) is 14.4 Å². The molecule has 1 aromatic carbocycles. The number of hydrogen-bond donors (Lipinski definition) is 1. The van der Waals surface area contributed by atoms with E-state index in [1.54, 1.807) is 21.9 Å². The number of fused-ring (bicyclic) bond motifs is 1. The highest BCUT2D eigenvalue weighted by Crippen LogP contribution is 2.24. The van der Waals surface area contributed by atoms with Gasteiger partial charge in [0.25, 0.3) is 5.91 Å². The van der Waals surface area contributed by atoms with Gasteiger partial charge in [0.15, 0.2) is 5.76 Å². The van der Waals surface area contributed by atoms with Gasteiger partial charge in [-0.25, -0.2) is 0 Å². The van der Waals surface area contributed by atoms with Crippen molar-refractivity contribution in [2.45, 2.75) is 19.3 Å². The van der Waals surface area contributed by atoms with Crippen LogP contribution >= 0.6 is 0 Å². The maximum atomic E-state index is 12.6. The summed E-state index contributed by atoms with van der Waals surface area (Å²) < 4.78 is 5.16. The summed E-state index contributed by atoms with van der Waals surface area (Å²) in [5.41, 5.74) is 2.87. The first-order valence-corrected chi connectivity index (χ1v) is 9.12. The molecule has 0 atom stereocenters. The van der Waals surface area contributed by atoms with E-state index in [-0.39, 0.29) is 17.7 Å². The molecule has 1 N–H and O–H groups in total. The van der Waals surface area contributed by atoms with Crippen LogP contribution in [0.15, 0.2) is 41.0 Å². The molecule has 2 aliphatic rings. The lowest BCUT2D eigenvalue weighted by Gasteiger charge is -2.34. The first kappa shape index (κ1) is 17.3. The number of hydrogen-bond acceptors (Lipinski definition) is 4. The van der Waals surface area contributed by atoms with Crippen LogP contribution in [0.1, 0.15) is 28.1 Å². The molecule has 3 heterocycles. The average molecular weight is 367 g/mol. The minimum Gasteiger partial charge on any atom is -0.459 e. The van der Waals surface area contributed by atoms with Crippen LogP contribution in [-0.4, -0.2) is 53.7 Å². The molecule has 0 radical (unpaired) electrons. The van der Waals surface area contributed by atoms with Gasteiger partial charge >= 0.3 is 0 Å². The molecule has 1 saturated heterocycles. The highest BCUT2D eigenvalue weighted by atomic mass is 16.3. The number of furan rings is 1. The summed E-state index contributed by atoms with van der Waals surface area (Å²) in [5, 5.41) is 2.85. The summed E-state index contributed by atoms with van der Waals surface area (Å²) in [6.45, 7) is 2.04. The van der Waals surface area contributed by atoms with Crippen LogP contribution in [0, 0.1) is 0 Å². The van der Waals surface area contributed by atoms with Gasteiger partial charge in [-0.1, -0.05) is 12.1 Å². The summed E-state index contributed by atoms with van der Waals surface area (Å²) in [4.78, 5) is 39.9. The Morgan fingerprint density at radius 1 is 1.04 bits per heavy atom. The first-order chi connectivity index (χ1) is 13.1. The van der Waals surface area contributed by atoms with E-state index in [2.05, 4.69) is 5.32 Å². The Labute approximate surface area is 156 Å². The standard InChI is InChI=1S/C20H21N3O4/c24-18-6-4-15-12-14(3-5-16(15)21-18)13-19(25)22-7-9-23(10-8-22)20(26)17-2-1-11-27-17/h1-3,5,11-12H,4,6-10,13H2,(H,21,24). The maximum absolute atomic E-state index is 12.6. The molecule has 4 rings (SSSR count). The van der Waals surface area contributed by atoms with Gasteiger partial charge in [-0.3, -0.25) is 14.4 Å². The van der Waals surface area contributed by atoms with Crippen LogP contribution in [0.25, 0.3) is 0 Å². The highest BCUT2D eigenvalue weighted by Gasteiger charge is 2.26. The molecule has 7 nitrogen and oxygen atoms in total. The van der Waals surface area contributed by atoms with E-state index in [4.69, 9.17) is 4.42 Å². The third-order valence-corrected chi connectivity index (χ3v) is 5.07. The van der Waals surface area contributed by atoms with E-state index in [1.165, 1.54) is 6.26 Å². The minimum atomic E-state index is -0.135. The quantitative estimate of drug-likeness (QED) is 0.895. The second-order valence-electron chi connectivity index (χ2n) is 6.87. The molecule has 1 aromatic heterocycles. The van der Waals surface area contributed by atoms with Gasteiger partial charge in [-0.2, -0.15) is 0 Å². The van der Waals surface area contributed by atoms with Crippen molar-refractivity contribution in [2.75, 3.05) is 31.5 Å². The van der Waals surface area contributed by atoms with Gasteiger partial charge in [0.2, 0.25) is 11.8 Å². The maximum Gasteiger partial charge on any atom is 0.289 e. The number of carbonyl (C=O) groups is 3. The molecule has 0 unspecified atom stereocenters. The Kier molecular flexibility index (Phi) is 4.66. The van der Waals surface area contributed by atoms with Crippen molar-refractivity contribution in [1.29, 1.82) is 0 Å². The Hall–Kier alpha value is -3.09. The molecule has 0 bridgehead atoms. The van der Waals surface area contributed by atoms with Gasteiger partial charge in [0.1, 0.15) is 0 Å². The third-order valence-electron chi connectivity index (χ3n) is 5.07. The Morgan fingerprint density at radius 2 is 1.81 bits per heavy atom. The summed E-state index contributed by atoms with van der Waals surface area (Å²) in [5.74, 6) is 0.285. The number of piperazine rings is 1. The monoisotopic (exact) mass is 367 g/mol. The zero-order chi connectivity index (χ0) is 18.8. The molecule has 3 amide bonds. The predicted octanol–water partition coefficient (Wildman–Crippen LogP) is 1.69. The Bertz CT molecular complexity index is 867. The van der Waals surface area contributed by atoms with E-state index < -0.39 is 0 Å². The molecule has 2 aromatic rings. The number of aryl methyl sites for hydroxylation is 1. The molecule has 2 aliphatic heterocycles. The van der Waals surface area contributed by atoms with Gasteiger partial charge < -0.3 is 19.5 Å². The second kappa shape index (κ2) is 7.26. The zero-order valence-corrected chi connectivity index (χ0v) is 14.9. The molecule has 0 aliphatic carbocycles. The van der Waals surface area contributed by atoms with Crippen LogP contribution in [0.5, 0.6) is 0 Å². The van der Waals surface area contributed by atoms with E-state index in [1.807, 2.05) is 18.2 Å². The molecule has 0 spiro atoms. The number of nitrogens with one attached hydrogen (secondary N) is 1. The topological polar surface area (TPSA) is 82.9 Å². The van der Waals surface area contributed by atoms with Crippen LogP contribution < -0.4 is 5.32 Å². The van der Waals surface area contributed by atoms with E-state index in [0.29, 0.717) is 51.2 Å². The number of carbonyl (C=O) groups excluding carboxylic acids is 3. The van der Waals surface area contributed by atoms with Crippen molar-refractivity contribution in [2.24, 2.45) is 0 Å². The predicted molar refractivity (Wildman–Crippen MR) is 98.3 cm³/mol. The molecule has 140 valence electrons. The number of rotatable bonds is 3. The second-order valence-corrected chi connectivity index (χ2v) is 6.87. The molecule has 7 heteroatoms. The summed E-state index contributed by atoms with van der Waals surface area (Å²) >= 11 is 0. The third kappa shape index (κ3) is 3.72.